The highest BCUT2D eigenvalue weighted by atomic mass is 35.5. The number of hydrogen-bond donors (Lipinski definition) is 0. The molecule has 0 aliphatic carbocycles. The maximum atomic E-state index is 12.0. The number of furan rings is 1. The molecule has 3 rings (SSSR count). The van der Waals surface area contributed by atoms with E-state index >= 15 is 0 Å². The van der Waals surface area contributed by atoms with E-state index in [1.807, 2.05) is 12.1 Å². The van der Waals surface area contributed by atoms with E-state index in [2.05, 4.69) is 4.98 Å². The molecule has 0 fully saturated rings. The fourth-order valence-electron chi connectivity index (χ4n) is 2.16. The zero-order valence-electron chi connectivity index (χ0n) is 12.6. The lowest BCUT2D eigenvalue weighted by atomic mass is 10.2. The Morgan fingerprint density at radius 2 is 1.96 bits per heavy atom. The van der Waals surface area contributed by atoms with E-state index in [9.17, 15) is 4.79 Å². The van der Waals surface area contributed by atoms with Crippen LogP contribution in [0.3, 0.4) is 0 Å². The minimum atomic E-state index is -0.467. The summed E-state index contributed by atoms with van der Waals surface area (Å²) in [5.41, 5.74) is 1.26. The SMILES string of the molecule is Cc1cc(C(=O)OCc2ncc(-c3ccc(Cl)cc3)o2)c(C)o1. The van der Waals surface area contributed by atoms with Crippen molar-refractivity contribution in [2.24, 2.45) is 0 Å². The van der Waals surface area contributed by atoms with Gasteiger partial charge in [-0.3, -0.25) is 0 Å². The van der Waals surface area contributed by atoms with Crippen LogP contribution < -0.4 is 0 Å². The first kappa shape index (κ1) is 15.4. The molecule has 23 heavy (non-hydrogen) atoms. The average Bonchev–Trinajstić information content (AvgIpc) is 3.12. The van der Waals surface area contributed by atoms with Gasteiger partial charge in [0.1, 0.15) is 17.1 Å². The highest BCUT2D eigenvalue weighted by molar-refractivity contribution is 6.30. The molecule has 0 bridgehead atoms. The lowest BCUT2D eigenvalue weighted by molar-refractivity contribution is 0.0437. The maximum absolute atomic E-state index is 12.0. The number of carbonyl (C=O) groups is 1. The molecule has 3 aromatic rings. The number of rotatable bonds is 4. The number of ether oxygens (including phenoxy) is 1. The second kappa shape index (κ2) is 6.30. The van der Waals surface area contributed by atoms with Gasteiger partial charge >= 0.3 is 5.97 Å². The first-order chi connectivity index (χ1) is 11.0. The van der Waals surface area contributed by atoms with Crippen LogP contribution in [0, 0.1) is 13.8 Å². The molecular formula is C17H14ClNO4. The van der Waals surface area contributed by atoms with E-state index in [4.69, 9.17) is 25.2 Å². The van der Waals surface area contributed by atoms with Crippen LogP contribution in [0.25, 0.3) is 11.3 Å². The summed E-state index contributed by atoms with van der Waals surface area (Å²) in [6.07, 6.45) is 1.58. The number of aryl methyl sites for hydroxylation is 2. The Kier molecular flexibility index (Phi) is 4.21. The van der Waals surface area contributed by atoms with Gasteiger partial charge in [0.25, 0.3) is 0 Å². The van der Waals surface area contributed by atoms with Gasteiger partial charge in [-0.2, -0.15) is 0 Å². The van der Waals surface area contributed by atoms with E-state index in [1.54, 1.807) is 38.2 Å². The van der Waals surface area contributed by atoms with Crippen molar-refractivity contribution in [1.82, 2.24) is 4.98 Å². The number of nitrogens with zero attached hydrogens (tertiary/aromatic N) is 1. The second-order valence-corrected chi connectivity index (χ2v) is 5.46. The average molecular weight is 332 g/mol. The lowest BCUT2D eigenvalue weighted by Crippen LogP contribution is -2.05. The molecule has 0 amide bonds. The standard InChI is InChI=1S/C17H14ClNO4/c1-10-7-14(11(2)22-10)17(20)21-9-16-19-8-15(23-16)12-3-5-13(18)6-4-12/h3-8H,9H2,1-2H3. The summed E-state index contributed by atoms with van der Waals surface area (Å²) in [6.45, 7) is 3.44. The number of aromatic nitrogens is 1. The van der Waals surface area contributed by atoms with Crippen molar-refractivity contribution in [2.75, 3.05) is 0 Å². The fraction of sp³-hybridized carbons (Fsp3) is 0.176. The van der Waals surface area contributed by atoms with Crippen LogP contribution in [0.2, 0.25) is 5.02 Å². The first-order valence-corrected chi connectivity index (χ1v) is 7.35. The zero-order valence-corrected chi connectivity index (χ0v) is 13.4. The van der Waals surface area contributed by atoms with E-state index in [0.717, 1.165) is 5.56 Å². The van der Waals surface area contributed by atoms with E-state index in [0.29, 0.717) is 33.8 Å². The summed E-state index contributed by atoms with van der Waals surface area (Å²) in [5.74, 6) is 1.63. The van der Waals surface area contributed by atoms with Crippen LogP contribution in [0.5, 0.6) is 0 Å². The van der Waals surface area contributed by atoms with Crippen LogP contribution in [0.15, 0.2) is 45.4 Å². The number of benzene rings is 1. The smallest absolute Gasteiger partial charge is 0.342 e. The van der Waals surface area contributed by atoms with E-state index in [-0.39, 0.29) is 6.61 Å². The third-order valence-corrected chi connectivity index (χ3v) is 3.52. The predicted octanol–water partition coefficient (Wildman–Crippen LogP) is 4.56. The molecule has 5 nitrogen and oxygen atoms in total. The predicted molar refractivity (Wildman–Crippen MR) is 84.3 cm³/mol. The summed E-state index contributed by atoms with van der Waals surface area (Å²) >= 11 is 5.85. The Labute approximate surface area is 137 Å². The summed E-state index contributed by atoms with van der Waals surface area (Å²) in [7, 11) is 0. The number of hydrogen-bond acceptors (Lipinski definition) is 5. The maximum Gasteiger partial charge on any atom is 0.342 e. The summed E-state index contributed by atoms with van der Waals surface area (Å²) in [4.78, 5) is 16.1. The van der Waals surface area contributed by atoms with Crippen LogP contribution in [-0.2, 0) is 11.3 Å². The van der Waals surface area contributed by atoms with Gasteiger partial charge < -0.3 is 13.6 Å². The number of esters is 1. The van der Waals surface area contributed by atoms with Crippen LogP contribution in [0.4, 0.5) is 0 Å². The number of halogens is 1. The number of carbonyl (C=O) groups excluding carboxylic acids is 1. The Hall–Kier alpha value is -2.53. The van der Waals surface area contributed by atoms with Crippen molar-refractivity contribution in [3.8, 4) is 11.3 Å². The Morgan fingerprint density at radius 1 is 1.22 bits per heavy atom. The minimum absolute atomic E-state index is 0.0455. The van der Waals surface area contributed by atoms with Crippen molar-refractivity contribution >= 4 is 17.6 Å². The molecule has 6 heteroatoms. The van der Waals surface area contributed by atoms with Crippen molar-refractivity contribution < 1.29 is 18.4 Å². The molecule has 0 N–H and O–H groups in total. The van der Waals surface area contributed by atoms with Gasteiger partial charge in [0.05, 0.1) is 6.20 Å². The van der Waals surface area contributed by atoms with Crippen LogP contribution >= 0.6 is 11.6 Å². The van der Waals surface area contributed by atoms with Gasteiger partial charge in [-0.05, 0) is 44.2 Å². The largest absolute Gasteiger partial charge is 0.466 e. The van der Waals surface area contributed by atoms with Crippen LogP contribution in [0.1, 0.15) is 27.8 Å². The van der Waals surface area contributed by atoms with Gasteiger partial charge in [0, 0.05) is 10.6 Å². The molecule has 2 heterocycles. The van der Waals surface area contributed by atoms with Gasteiger partial charge in [0.2, 0.25) is 5.89 Å². The Balaban J connectivity index is 1.66. The van der Waals surface area contributed by atoms with Gasteiger partial charge in [-0.15, -0.1) is 0 Å². The second-order valence-electron chi connectivity index (χ2n) is 5.03. The Bertz CT molecular complexity index is 833. The zero-order chi connectivity index (χ0) is 16.4. The van der Waals surface area contributed by atoms with Crippen molar-refractivity contribution in [3.63, 3.8) is 0 Å². The summed E-state index contributed by atoms with van der Waals surface area (Å²) in [6, 6.07) is 8.84. The molecule has 118 valence electrons. The molecule has 0 atom stereocenters. The monoisotopic (exact) mass is 331 g/mol. The van der Waals surface area contributed by atoms with Gasteiger partial charge in [-0.1, -0.05) is 11.6 Å². The molecule has 2 aromatic heterocycles. The summed E-state index contributed by atoms with van der Waals surface area (Å²) in [5, 5.41) is 0.646. The third-order valence-electron chi connectivity index (χ3n) is 3.27. The molecule has 0 spiro atoms. The molecule has 1 aromatic carbocycles. The van der Waals surface area contributed by atoms with Crippen LogP contribution in [-0.4, -0.2) is 11.0 Å². The highest BCUT2D eigenvalue weighted by Gasteiger charge is 2.16. The third kappa shape index (κ3) is 3.46. The fourth-order valence-corrected chi connectivity index (χ4v) is 2.29. The molecule has 0 aliphatic rings. The topological polar surface area (TPSA) is 65.5 Å². The molecule has 0 aliphatic heterocycles. The molecular weight excluding hydrogens is 318 g/mol. The first-order valence-electron chi connectivity index (χ1n) is 6.98. The van der Waals surface area contributed by atoms with Crippen molar-refractivity contribution in [1.29, 1.82) is 0 Å². The summed E-state index contributed by atoms with van der Waals surface area (Å²) < 4.78 is 16.1. The highest BCUT2D eigenvalue weighted by Crippen LogP contribution is 2.23. The molecule has 0 unspecified atom stereocenters. The van der Waals surface area contributed by atoms with Crippen molar-refractivity contribution in [2.45, 2.75) is 20.5 Å². The van der Waals surface area contributed by atoms with Crippen molar-refractivity contribution in [3.05, 3.63) is 64.5 Å². The van der Waals surface area contributed by atoms with E-state index in [1.165, 1.54) is 0 Å². The number of oxazole rings is 1. The van der Waals surface area contributed by atoms with Gasteiger partial charge in [-0.25, -0.2) is 9.78 Å². The quantitative estimate of drug-likeness (QED) is 0.655. The Morgan fingerprint density at radius 3 is 2.61 bits per heavy atom. The normalized spacial score (nSPS) is 10.7. The minimum Gasteiger partial charge on any atom is -0.466 e. The van der Waals surface area contributed by atoms with Gasteiger partial charge in [0.15, 0.2) is 12.4 Å². The molecule has 0 radical (unpaired) electrons. The molecule has 0 saturated heterocycles. The molecule has 0 saturated carbocycles. The lowest BCUT2D eigenvalue weighted by Gasteiger charge is -2.01. The van der Waals surface area contributed by atoms with E-state index < -0.39 is 5.97 Å².